The van der Waals surface area contributed by atoms with Gasteiger partial charge in [-0.1, -0.05) is 26.2 Å². The van der Waals surface area contributed by atoms with E-state index in [-0.39, 0.29) is 20.8 Å². The predicted octanol–water partition coefficient (Wildman–Crippen LogP) is -3.68. The summed E-state index contributed by atoms with van der Waals surface area (Å²) in [6.07, 6.45) is 0. The van der Waals surface area contributed by atoms with Crippen LogP contribution >= 0.6 is 15.9 Å². The summed E-state index contributed by atoms with van der Waals surface area (Å²) in [7, 11) is 14.6. The van der Waals surface area contributed by atoms with Crippen molar-refractivity contribution in [3.8, 4) is 5.75 Å². The van der Waals surface area contributed by atoms with E-state index in [4.69, 9.17) is 4.74 Å². The second-order valence-corrected chi connectivity index (χ2v) is 8.82. The SMILES string of the molecule is BC(B)(B)C(B)(Oc1cc(Br)c(C)cc1[N+](=O)[O-])C(B)(B)B. The number of ether oxygens (including phenoxy) is 1. The number of hydrogen-bond donors (Lipinski definition) is 0. The van der Waals surface area contributed by atoms with Crippen molar-refractivity contribution in [2.75, 3.05) is 0 Å². The quantitative estimate of drug-likeness (QED) is 0.310. The van der Waals surface area contributed by atoms with E-state index < -0.39 is 5.50 Å². The molecule has 0 aliphatic carbocycles. The normalized spacial score (nSPS) is 12.8. The number of benzene rings is 1. The summed E-state index contributed by atoms with van der Waals surface area (Å²) in [4.78, 5) is 11.0. The predicted molar refractivity (Wildman–Crippen MR) is 114 cm³/mol. The Bertz CT molecular complexity index is 585. The van der Waals surface area contributed by atoms with E-state index >= 15 is 0 Å². The maximum Gasteiger partial charge on any atom is 0.311 e. The van der Waals surface area contributed by atoms with Gasteiger partial charge in [0, 0.05) is 22.1 Å². The van der Waals surface area contributed by atoms with Gasteiger partial charge in [-0.05, 0) is 12.5 Å². The van der Waals surface area contributed by atoms with Crippen LogP contribution in [-0.2, 0) is 0 Å². The highest BCUT2D eigenvalue weighted by molar-refractivity contribution is 9.10. The van der Waals surface area contributed by atoms with Crippen LogP contribution in [0.25, 0.3) is 0 Å². The molecule has 22 heavy (non-hydrogen) atoms. The van der Waals surface area contributed by atoms with Crippen molar-refractivity contribution in [1.29, 1.82) is 0 Å². The topological polar surface area (TPSA) is 52.4 Å². The highest BCUT2D eigenvalue weighted by Gasteiger charge is 2.48. The van der Waals surface area contributed by atoms with Gasteiger partial charge in [0.15, 0.2) is 13.6 Å². The van der Waals surface area contributed by atoms with E-state index in [9.17, 15) is 10.1 Å². The van der Waals surface area contributed by atoms with Crippen LogP contribution in [0.2, 0.25) is 10.2 Å². The zero-order valence-corrected chi connectivity index (χ0v) is 16.3. The van der Waals surface area contributed by atoms with Crippen LogP contribution in [0.4, 0.5) is 5.69 Å². The molecular weight excluding hydrogens is 338 g/mol. The number of nitrogens with zero attached hydrogens (tertiary/aromatic N) is 1. The molecule has 0 N–H and O–H groups in total. The van der Waals surface area contributed by atoms with E-state index in [0.29, 0.717) is 5.75 Å². The summed E-state index contributed by atoms with van der Waals surface area (Å²) in [5, 5.41) is 11.0. The molecule has 1 rings (SSSR count). The monoisotopic (exact) mass is 357 g/mol. The molecule has 0 unspecified atom stereocenters. The molecule has 0 spiro atoms. The zero-order chi connectivity index (χ0) is 17.5. The van der Waals surface area contributed by atoms with Crippen LogP contribution in [-0.4, -0.2) is 65.3 Å². The first kappa shape index (κ1) is 19.4. The maximum absolute atomic E-state index is 11.4. The summed E-state index contributed by atoms with van der Waals surface area (Å²) in [5.74, 6) is 0.301. The Morgan fingerprint density at radius 1 is 1.09 bits per heavy atom. The fourth-order valence-electron chi connectivity index (χ4n) is 2.52. The van der Waals surface area contributed by atoms with Crippen molar-refractivity contribution in [2.45, 2.75) is 22.7 Å². The van der Waals surface area contributed by atoms with Gasteiger partial charge in [-0.15, -0.1) is 0 Å². The van der Waals surface area contributed by atoms with Crippen LogP contribution in [0.5, 0.6) is 5.75 Å². The lowest BCUT2D eigenvalue weighted by Gasteiger charge is -2.52. The lowest BCUT2D eigenvalue weighted by atomic mass is 9.19. The summed E-state index contributed by atoms with van der Waals surface area (Å²) >= 11 is 3.44. The number of rotatable bonds is 5. The van der Waals surface area contributed by atoms with Crippen molar-refractivity contribution >= 4 is 76.5 Å². The van der Waals surface area contributed by atoms with Crippen LogP contribution in [0.1, 0.15) is 5.56 Å². The second kappa shape index (κ2) is 6.10. The summed E-state index contributed by atoms with van der Waals surface area (Å²) in [6, 6.07) is 3.24. The van der Waals surface area contributed by atoms with E-state index in [2.05, 4.69) is 63.0 Å². The van der Waals surface area contributed by atoms with Crippen LogP contribution in [0, 0.1) is 17.0 Å². The van der Waals surface area contributed by atoms with Crippen molar-refractivity contribution in [1.82, 2.24) is 0 Å². The Morgan fingerprint density at radius 3 is 1.91 bits per heavy atom. The number of hydrogen-bond acceptors (Lipinski definition) is 3. The smallest absolute Gasteiger partial charge is 0.311 e. The van der Waals surface area contributed by atoms with Gasteiger partial charge in [-0.2, -0.15) is 0 Å². The minimum atomic E-state index is -0.584. The molecule has 0 atom stereocenters. The molecule has 0 fully saturated rings. The number of aryl methyl sites for hydroxylation is 1. The van der Waals surface area contributed by atoms with Crippen molar-refractivity contribution < 1.29 is 9.66 Å². The Hall–Kier alpha value is -0.645. The van der Waals surface area contributed by atoms with Crippen molar-refractivity contribution in [3.05, 3.63) is 32.3 Å². The Balaban J connectivity index is 3.50. The van der Waals surface area contributed by atoms with E-state index in [1.54, 1.807) is 12.1 Å². The maximum atomic E-state index is 11.4. The van der Waals surface area contributed by atoms with E-state index in [1.165, 1.54) is 0 Å². The first-order valence-corrected chi connectivity index (χ1v) is 8.13. The highest BCUT2D eigenvalue weighted by Crippen LogP contribution is 2.46. The molecule has 0 amide bonds. The van der Waals surface area contributed by atoms with Gasteiger partial charge >= 0.3 is 5.69 Å². The molecule has 0 saturated heterocycles. The highest BCUT2D eigenvalue weighted by atomic mass is 79.9. The molecule has 0 bridgehead atoms. The molecule has 0 radical (unpaired) electrons. The number of nitro benzene ring substituents is 1. The molecule has 0 aliphatic rings. The molecule has 12 heteroatoms. The van der Waals surface area contributed by atoms with Gasteiger partial charge in [0.05, 0.1) is 52.0 Å². The molecule has 1 aromatic rings. The molecule has 1 aromatic carbocycles. The van der Waals surface area contributed by atoms with Gasteiger partial charge < -0.3 is 4.74 Å². The average molecular weight is 357 g/mol. The minimum absolute atomic E-state index is 0.000394. The van der Waals surface area contributed by atoms with Crippen LogP contribution in [0.15, 0.2) is 16.6 Å². The van der Waals surface area contributed by atoms with Gasteiger partial charge in [-0.25, -0.2) is 0 Å². The van der Waals surface area contributed by atoms with E-state index in [1.807, 2.05) is 14.8 Å². The van der Waals surface area contributed by atoms with E-state index in [0.717, 1.165) is 10.0 Å². The average Bonchev–Trinajstić information content (AvgIpc) is 2.30. The zero-order valence-electron chi connectivity index (χ0n) is 14.7. The van der Waals surface area contributed by atoms with Gasteiger partial charge in [0.1, 0.15) is 0 Å². The van der Waals surface area contributed by atoms with Crippen LogP contribution in [0.3, 0.4) is 0 Å². The van der Waals surface area contributed by atoms with Gasteiger partial charge in [0.25, 0.3) is 0 Å². The first-order valence-electron chi connectivity index (χ1n) is 7.34. The Kier molecular flexibility index (Phi) is 5.38. The molecule has 0 aromatic heterocycles. The lowest BCUT2D eigenvalue weighted by molar-refractivity contribution is -0.386. The number of nitro groups is 1. The third-order valence-corrected chi connectivity index (χ3v) is 5.47. The summed E-state index contributed by atoms with van der Waals surface area (Å²) < 4.78 is 7.09. The van der Waals surface area contributed by atoms with Gasteiger partial charge in [-0.3, -0.25) is 10.1 Å². The molecule has 4 nitrogen and oxygen atoms in total. The molecule has 0 aliphatic heterocycles. The van der Waals surface area contributed by atoms with Crippen molar-refractivity contribution in [2.24, 2.45) is 0 Å². The fraction of sp³-hybridized carbons (Fsp3) is 0.400. The first-order chi connectivity index (χ1) is 9.70. The van der Waals surface area contributed by atoms with Gasteiger partial charge in [0.2, 0.25) is 0 Å². The second-order valence-electron chi connectivity index (χ2n) is 7.96. The molecule has 0 heterocycles. The summed E-state index contributed by atoms with van der Waals surface area (Å²) in [6.45, 7) is 1.83. The number of halogens is 1. The molecular formula is C10H19B7BrNO3. The standard InChI is InChI=1S/C10H19B7BrNO3/c1-4-2-6(19(20)21)7(3-5(4)18)22-8(11,9(12,13)14)10(15,16)17/h2-3H,11-17H2,1H3. The van der Waals surface area contributed by atoms with Crippen LogP contribution < -0.4 is 4.74 Å². The molecule has 110 valence electrons. The Labute approximate surface area is 147 Å². The Morgan fingerprint density at radius 2 is 1.55 bits per heavy atom. The molecule has 0 saturated carbocycles. The van der Waals surface area contributed by atoms with Crippen molar-refractivity contribution in [3.63, 3.8) is 0 Å². The fourth-order valence-corrected chi connectivity index (χ4v) is 2.85. The summed E-state index contributed by atoms with van der Waals surface area (Å²) in [5.41, 5.74) is 0.229. The third-order valence-electron chi connectivity index (χ3n) is 4.61. The lowest BCUT2D eigenvalue weighted by Crippen LogP contribution is -2.59. The minimum Gasteiger partial charge on any atom is -0.493 e. The third kappa shape index (κ3) is 3.63. The largest absolute Gasteiger partial charge is 0.493 e.